The number of hydrogen-bond acceptors (Lipinski definition) is 5. The molecule has 1 aliphatic heterocycles. The SMILES string of the molecule is CC(C)[C@@H](/C=N/C(=C/N1C(=O)OC[C@@H]1c1ccccc1)O[Si](C)(C)C)O[Si](C(C)C)(C(C)C)C(C)C. The number of aliphatic imine (C=N–C) groups is 1. The van der Waals surface area contributed by atoms with Gasteiger partial charge in [-0.1, -0.05) is 85.7 Å². The molecule has 2 atom stereocenters. The maximum atomic E-state index is 12.7. The number of carbonyl (C=O) groups is 1. The van der Waals surface area contributed by atoms with Crippen LogP contribution in [0.5, 0.6) is 0 Å². The van der Waals surface area contributed by atoms with E-state index in [9.17, 15) is 4.79 Å². The normalized spacial score (nSPS) is 18.8. The Morgan fingerprint density at radius 1 is 1.00 bits per heavy atom. The summed E-state index contributed by atoms with van der Waals surface area (Å²) in [4.78, 5) is 19.1. The fourth-order valence-electron chi connectivity index (χ4n) is 5.16. The molecule has 0 unspecified atom stereocenters. The molecule has 6 nitrogen and oxygen atoms in total. The number of cyclic esters (lactones) is 1. The van der Waals surface area contributed by atoms with E-state index in [1.165, 1.54) is 0 Å². The molecule has 1 heterocycles. The highest BCUT2D eigenvalue weighted by molar-refractivity contribution is 6.77. The van der Waals surface area contributed by atoms with Crippen LogP contribution in [0.25, 0.3) is 0 Å². The second-order valence-corrected chi connectivity index (χ2v) is 21.9. The molecule has 1 aliphatic rings. The highest BCUT2D eigenvalue weighted by Crippen LogP contribution is 2.43. The van der Waals surface area contributed by atoms with Crippen LogP contribution in [0, 0.1) is 5.92 Å². The van der Waals surface area contributed by atoms with Crippen LogP contribution in [0.2, 0.25) is 36.3 Å². The molecule has 202 valence electrons. The summed E-state index contributed by atoms with van der Waals surface area (Å²) >= 11 is 0. The van der Waals surface area contributed by atoms with Crippen LogP contribution in [0.1, 0.15) is 67.0 Å². The Morgan fingerprint density at radius 2 is 1.56 bits per heavy atom. The zero-order chi connectivity index (χ0) is 27.3. The molecule has 0 bridgehead atoms. The van der Waals surface area contributed by atoms with Crippen molar-refractivity contribution in [1.29, 1.82) is 0 Å². The lowest BCUT2D eigenvalue weighted by Gasteiger charge is -2.44. The highest BCUT2D eigenvalue weighted by atomic mass is 28.4. The van der Waals surface area contributed by atoms with Gasteiger partial charge in [0.1, 0.15) is 6.61 Å². The summed E-state index contributed by atoms with van der Waals surface area (Å²) in [7, 11) is -4.11. The van der Waals surface area contributed by atoms with Crippen LogP contribution < -0.4 is 0 Å². The van der Waals surface area contributed by atoms with Crippen LogP contribution >= 0.6 is 0 Å². The second-order valence-electron chi connectivity index (χ2n) is 12.0. The summed E-state index contributed by atoms with van der Waals surface area (Å²) < 4.78 is 18.8. The van der Waals surface area contributed by atoms with Gasteiger partial charge in [-0.3, -0.25) is 4.90 Å². The van der Waals surface area contributed by atoms with E-state index >= 15 is 0 Å². The third-order valence-corrected chi connectivity index (χ3v) is 13.7. The molecule has 8 heteroatoms. The zero-order valence-electron chi connectivity index (χ0n) is 24.2. The third kappa shape index (κ3) is 7.55. The first kappa shape index (κ1) is 30.3. The van der Waals surface area contributed by atoms with Crippen molar-refractivity contribution in [2.24, 2.45) is 10.9 Å². The maximum Gasteiger partial charge on any atom is 0.414 e. The topological polar surface area (TPSA) is 60.4 Å². The average molecular weight is 533 g/mol. The van der Waals surface area contributed by atoms with Gasteiger partial charge in [-0.05, 0) is 47.7 Å². The molecule has 0 aromatic heterocycles. The van der Waals surface area contributed by atoms with Crippen LogP contribution in [0.4, 0.5) is 4.79 Å². The fraction of sp³-hybridized carbons (Fsp3) is 0.643. The van der Waals surface area contributed by atoms with Crippen LogP contribution in [0.3, 0.4) is 0 Å². The van der Waals surface area contributed by atoms with Gasteiger partial charge in [-0.15, -0.1) is 0 Å². The van der Waals surface area contributed by atoms with E-state index in [0.717, 1.165) is 5.56 Å². The summed E-state index contributed by atoms with van der Waals surface area (Å²) in [6.07, 6.45) is 3.06. The van der Waals surface area contributed by atoms with Crippen molar-refractivity contribution < 1.29 is 18.4 Å². The zero-order valence-corrected chi connectivity index (χ0v) is 26.2. The first-order chi connectivity index (χ1) is 16.7. The number of benzene rings is 1. The number of amides is 1. The van der Waals surface area contributed by atoms with E-state index in [1.807, 2.05) is 36.5 Å². The fourth-order valence-corrected chi connectivity index (χ4v) is 11.5. The molecule has 0 spiro atoms. The number of ether oxygens (including phenoxy) is 1. The molecule has 1 aromatic rings. The molecule has 0 saturated carbocycles. The average Bonchev–Trinajstić information content (AvgIpc) is 3.12. The maximum absolute atomic E-state index is 12.7. The smallest absolute Gasteiger partial charge is 0.414 e. The summed E-state index contributed by atoms with van der Waals surface area (Å²) in [5, 5.41) is 0. The number of hydrogen-bond donors (Lipinski definition) is 0. The Labute approximate surface area is 221 Å². The van der Waals surface area contributed by atoms with Gasteiger partial charge in [0.2, 0.25) is 22.5 Å². The molecular formula is C28H48N2O4Si2. The van der Waals surface area contributed by atoms with Crippen LogP contribution in [-0.2, 0) is 13.6 Å². The lowest BCUT2D eigenvalue weighted by molar-refractivity contribution is 0.165. The first-order valence-electron chi connectivity index (χ1n) is 13.3. The molecule has 36 heavy (non-hydrogen) atoms. The molecule has 0 N–H and O–H groups in total. The third-order valence-electron chi connectivity index (χ3n) is 6.81. The van der Waals surface area contributed by atoms with E-state index in [4.69, 9.17) is 18.6 Å². The molecule has 0 aliphatic carbocycles. The van der Waals surface area contributed by atoms with Gasteiger partial charge in [0.15, 0.2) is 0 Å². The van der Waals surface area contributed by atoms with E-state index in [1.54, 1.807) is 11.1 Å². The standard InChI is InChI=1S/C28H48N2O4Si2/c1-20(2)26(33-36(21(3)4,22(5)6)23(7)8)17-29-27(34-35(9,10)11)18-30-25(19-32-28(30)31)24-15-13-12-14-16-24/h12-18,20-23,25-26H,19H2,1-11H3/b27-18-,29-17+/t25-,26-/m1/s1. The lowest BCUT2D eigenvalue weighted by atomic mass is 10.1. The quantitative estimate of drug-likeness (QED) is 0.155. The van der Waals surface area contributed by atoms with E-state index in [-0.39, 0.29) is 18.1 Å². The van der Waals surface area contributed by atoms with Gasteiger partial charge in [0.25, 0.3) is 0 Å². The Morgan fingerprint density at radius 3 is 2.03 bits per heavy atom. The van der Waals surface area contributed by atoms with Gasteiger partial charge < -0.3 is 13.6 Å². The van der Waals surface area contributed by atoms with Crippen LogP contribution in [-0.4, -0.2) is 46.6 Å². The van der Waals surface area contributed by atoms with Crippen molar-refractivity contribution in [3.8, 4) is 0 Å². The minimum atomic E-state index is -2.10. The van der Waals surface area contributed by atoms with Crippen LogP contribution in [0.15, 0.2) is 47.4 Å². The van der Waals surface area contributed by atoms with Gasteiger partial charge in [-0.25, -0.2) is 9.79 Å². The van der Waals surface area contributed by atoms with Gasteiger partial charge in [0.05, 0.1) is 18.3 Å². The van der Waals surface area contributed by atoms with E-state index in [0.29, 0.717) is 29.1 Å². The molecular weight excluding hydrogens is 484 g/mol. The predicted molar refractivity (Wildman–Crippen MR) is 154 cm³/mol. The van der Waals surface area contributed by atoms with E-state index < -0.39 is 22.7 Å². The lowest BCUT2D eigenvalue weighted by Crippen LogP contribution is -2.51. The monoisotopic (exact) mass is 532 g/mol. The molecule has 1 saturated heterocycles. The largest absolute Gasteiger partial charge is 0.530 e. The minimum Gasteiger partial charge on any atom is -0.530 e. The Hall–Kier alpha value is -1.91. The van der Waals surface area contributed by atoms with Crippen molar-refractivity contribution in [2.75, 3.05) is 6.61 Å². The molecule has 0 radical (unpaired) electrons. The summed E-state index contributed by atoms with van der Waals surface area (Å²) in [6, 6.07) is 9.70. The van der Waals surface area contributed by atoms with Crippen molar-refractivity contribution in [3.05, 3.63) is 48.0 Å². The van der Waals surface area contributed by atoms with Crippen molar-refractivity contribution in [1.82, 2.24) is 4.90 Å². The number of nitrogens with zero attached hydrogens (tertiary/aromatic N) is 2. The Balaban J connectivity index is 2.45. The van der Waals surface area contributed by atoms with Crippen molar-refractivity contribution >= 4 is 28.9 Å². The molecule has 1 fully saturated rings. The van der Waals surface area contributed by atoms with Crippen molar-refractivity contribution in [3.63, 3.8) is 0 Å². The summed E-state index contributed by atoms with van der Waals surface area (Å²) in [5.74, 6) is 0.674. The van der Waals surface area contributed by atoms with Crippen molar-refractivity contribution in [2.45, 2.75) is 104 Å². The minimum absolute atomic E-state index is 0.145. The van der Waals surface area contributed by atoms with Gasteiger partial charge in [0, 0.05) is 6.21 Å². The van der Waals surface area contributed by atoms with Gasteiger partial charge in [-0.2, -0.15) is 0 Å². The molecule has 1 amide bonds. The summed E-state index contributed by atoms with van der Waals surface area (Å²) in [5.41, 5.74) is 2.45. The predicted octanol–water partition coefficient (Wildman–Crippen LogP) is 8.12. The van der Waals surface area contributed by atoms with Gasteiger partial charge >= 0.3 is 6.09 Å². The number of carbonyl (C=O) groups excluding carboxylic acids is 1. The highest BCUT2D eigenvalue weighted by Gasteiger charge is 2.46. The van der Waals surface area contributed by atoms with E-state index in [2.05, 4.69) is 75.0 Å². The second kappa shape index (κ2) is 12.6. The Bertz CT molecular complexity index is 886. The first-order valence-corrected chi connectivity index (χ1v) is 18.9. The molecule has 1 aromatic carbocycles. The Kier molecular flexibility index (Phi) is 10.6. The number of rotatable bonds is 12. The molecule has 2 rings (SSSR count). The summed E-state index contributed by atoms with van der Waals surface area (Å²) in [6.45, 7) is 24.7.